The molecule has 0 aromatic carbocycles. The zero-order chi connectivity index (χ0) is 13.5. The zero-order valence-electron chi connectivity index (χ0n) is 12.7. The van der Waals surface area contributed by atoms with Gasteiger partial charge in [-0.05, 0) is 38.6 Å². The van der Waals surface area contributed by atoms with E-state index in [9.17, 15) is 4.79 Å². The molecule has 0 atom stereocenters. The molecule has 1 saturated carbocycles. The van der Waals surface area contributed by atoms with Crippen LogP contribution in [0.2, 0.25) is 0 Å². The Kier molecular flexibility index (Phi) is 8.50. The van der Waals surface area contributed by atoms with Crippen LogP contribution in [0.4, 0.5) is 0 Å². The minimum Gasteiger partial charge on any atom is -0.353 e. The maximum absolute atomic E-state index is 11.7. The first-order valence-electron chi connectivity index (χ1n) is 7.94. The van der Waals surface area contributed by atoms with E-state index in [1.165, 1.54) is 32.2 Å². The fourth-order valence-corrected chi connectivity index (χ4v) is 3.36. The van der Waals surface area contributed by atoms with Crippen molar-refractivity contribution in [1.29, 1.82) is 0 Å². The molecule has 0 aromatic rings. The van der Waals surface area contributed by atoms with Crippen molar-refractivity contribution in [2.45, 2.75) is 51.0 Å². The number of likely N-dealkylation sites (tertiary alicyclic amines) is 1. The van der Waals surface area contributed by atoms with Gasteiger partial charge in [-0.3, -0.25) is 4.79 Å². The molecule has 0 bridgehead atoms. The van der Waals surface area contributed by atoms with Gasteiger partial charge < -0.3 is 15.5 Å². The second-order valence-corrected chi connectivity index (χ2v) is 6.15. The standard InChI is InChI=1S/C15H29N3O.ClH/c1-16-9-6-15(19)17-14-7-10-18(11-8-14)12-13-4-2-3-5-13;/h13-14,16H,2-12H2,1H3,(H,17,19);1H. The number of hydrogen-bond donors (Lipinski definition) is 2. The van der Waals surface area contributed by atoms with Crippen molar-refractivity contribution in [3.63, 3.8) is 0 Å². The lowest BCUT2D eigenvalue weighted by atomic mass is 10.0. The predicted molar refractivity (Wildman–Crippen MR) is 85.4 cm³/mol. The maximum Gasteiger partial charge on any atom is 0.221 e. The smallest absolute Gasteiger partial charge is 0.221 e. The molecule has 1 aliphatic carbocycles. The van der Waals surface area contributed by atoms with Crippen LogP contribution in [-0.4, -0.2) is 50.1 Å². The highest BCUT2D eigenvalue weighted by molar-refractivity contribution is 5.85. The van der Waals surface area contributed by atoms with Crippen LogP contribution in [-0.2, 0) is 4.79 Å². The van der Waals surface area contributed by atoms with Crippen LogP contribution >= 0.6 is 12.4 Å². The molecule has 1 heterocycles. The lowest BCUT2D eigenvalue weighted by Gasteiger charge is -2.33. The topological polar surface area (TPSA) is 44.4 Å². The lowest BCUT2D eigenvalue weighted by molar-refractivity contribution is -0.122. The van der Waals surface area contributed by atoms with E-state index < -0.39 is 0 Å². The number of nitrogens with one attached hydrogen (secondary N) is 2. The minimum absolute atomic E-state index is 0. The summed E-state index contributed by atoms with van der Waals surface area (Å²) < 4.78 is 0. The predicted octanol–water partition coefficient (Wildman–Crippen LogP) is 1.79. The van der Waals surface area contributed by atoms with Crippen molar-refractivity contribution < 1.29 is 4.79 Å². The van der Waals surface area contributed by atoms with E-state index in [0.29, 0.717) is 12.5 Å². The van der Waals surface area contributed by atoms with Crippen LogP contribution in [0.1, 0.15) is 44.9 Å². The highest BCUT2D eigenvalue weighted by Crippen LogP contribution is 2.26. The summed E-state index contributed by atoms with van der Waals surface area (Å²) in [5.41, 5.74) is 0. The van der Waals surface area contributed by atoms with E-state index in [4.69, 9.17) is 0 Å². The van der Waals surface area contributed by atoms with Crippen LogP contribution in [0.5, 0.6) is 0 Å². The van der Waals surface area contributed by atoms with E-state index in [-0.39, 0.29) is 18.3 Å². The van der Waals surface area contributed by atoms with Gasteiger partial charge in [-0.1, -0.05) is 12.8 Å². The van der Waals surface area contributed by atoms with E-state index in [1.807, 2.05) is 7.05 Å². The summed E-state index contributed by atoms with van der Waals surface area (Å²) in [5.74, 6) is 1.14. The highest BCUT2D eigenvalue weighted by atomic mass is 35.5. The van der Waals surface area contributed by atoms with Crippen molar-refractivity contribution in [2.24, 2.45) is 5.92 Å². The van der Waals surface area contributed by atoms with Gasteiger partial charge in [-0.25, -0.2) is 0 Å². The van der Waals surface area contributed by atoms with Crippen LogP contribution < -0.4 is 10.6 Å². The monoisotopic (exact) mass is 303 g/mol. The van der Waals surface area contributed by atoms with E-state index >= 15 is 0 Å². The van der Waals surface area contributed by atoms with Crippen LogP contribution in [0.3, 0.4) is 0 Å². The Balaban J connectivity index is 0.00000200. The molecule has 1 saturated heterocycles. The molecular formula is C15H30ClN3O. The average Bonchev–Trinajstić information content (AvgIpc) is 2.91. The van der Waals surface area contributed by atoms with E-state index in [2.05, 4.69) is 15.5 Å². The Morgan fingerprint density at radius 2 is 1.80 bits per heavy atom. The first kappa shape index (κ1) is 17.7. The van der Waals surface area contributed by atoms with Gasteiger partial charge in [0.2, 0.25) is 5.91 Å². The van der Waals surface area contributed by atoms with Gasteiger partial charge in [0, 0.05) is 38.6 Å². The Morgan fingerprint density at radius 3 is 2.40 bits per heavy atom. The fraction of sp³-hybridized carbons (Fsp3) is 0.933. The molecule has 2 rings (SSSR count). The Morgan fingerprint density at radius 1 is 1.15 bits per heavy atom. The molecule has 0 aromatic heterocycles. The largest absolute Gasteiger partial charge is 0.353 e. The maximum atomic E-state index is 11.7. The first-order chi connectivity index (χ1) is 9.28. The quantitative estimate of drug-likeness (QED) is 0.786. The molecule has 118 valence electrons. The normalized spacial score (nSPS) is 21.6. The van der Waals surface area contributed by atoms with Crippen LogP contribution in [0, 0.1) is 5.92 Å². The Labute approximate surface area is 129 Å². The van der Waals surface area contributed by atoms with Gasteiger partial charge in [-0.15, -0.1) is 12.4 Å². The second-order valence-electron chi connectivity index (χ2n) is 6.15. The summed E-state index contributed by atoms with van der Waals surface area (Å²) in [7, 11) is 1.88. The number of nitrogens with zero attached hydrogens (tertiary/aromatic N) is 1. The summed E-state index contributed by atoms with van der Waals surface area (Å²) >= 11 is 0. The SMILES string of the molecule is CNCCC(=O)NC1CCN(CC2CCCC2)CC1.Cl. The molecule has 1 aliphatic heterocycles. The lowest BCUT2D eigenvalue weighted by Crippen LogP contribution is -2.46. The molecule has 2 N–H and O–H groups in total. The van der Waals surface area contributed by atoms with Crippen molar-refractivity contribution in [3.05, 3.63) is 0 Å². The number of carbonyl (C=O) groups is 1. The summed E-state index contributed by atoms with van der Waals surface area (Å²) in [6.45, 7) is 4.38. The molecule has 1 amide bonds. The molecule has 2 aliphatic rings. The van der Waals surface area contributed by atoms with Gasteiger partial charge in [-0.2, -0.15) is 0 Å². The molecule has 0 radical (unpaired) electrons. The van der Waals surface area contributed by atoms with Gasteiger partial charge in [0.1, 0.15) is 0 Å². The Hall–Kier alpha value is -0.320. The van der Waals surface area contributed by atoms with Gasteiger partial charge in [0.05, 0.1) is 0 Å². The Bertz CT molecular complexity index is 274. The zero-order valence-corrected chi connectivity index (χ0v) is 13.5. The molecule has 5 heteroatoms. The number of halogens is 1. The molecule has 0 unspecified atom stereocenters. The number of rotatable bonds is 6. The molecule has 2 fully saturated rings. The van der Waals surface area contributed by atoms with Crippen molar-refractivity contribution in [2.75, 3.05) is 33.2 Å². The fourth-order valence-electron chi connectivity index (χ4n) is 3.36. The molecule has 4 nitrogen and oxygen atoms in total. The summed E-state index contributed by atoms with van der Waals surface area (Å²) in [6, 6.07) is 0.407. The third-order valence-corrected chi connectivity index (χ3v) is 4.55. The third kappa shape index (κ3) is 5.98. The highest BCUT2D eigenvalue weighted by Gasteiger charge is 2.23. The number of carbonyl (C=O) groups excluding carboxylic acids is 1. The average molecular weight is 304 g/mol. The molecular weight excluding hydrogens is 274 g/mol. The summed E-state index contributed by atoms with van der Waals surface area (Å²) in [4.78, 5) is 14.3. The van der Waals surface area contributed by atoms with Crippen molar-refractivity contribution in [1.82, 2.24) is 15.5 Å². The molecule has 0 spiro atoms. The van der Waals surface area contributed by atoms with Crippen LogP contribution in [0.25, 0.3) is 0 Å². The van der Waals surface area contributed by atoms with E-state index in [0.717, 1.165) is 38.4 Å². The second kappa shape index (κ2) is 9.59. The van der Waals surface area contributed by atoms with Gasteiger partial charge in [0.15, 0.2) is 0 Å². The van der Waals surface area contributed by atoms with Gasteiger partial charge in [0.25, 0.3) is 0 Å². The van der Waals surface area contributed by atoms with Gasteiger partial charge >= 0.3 is 0 Å². The third-order valence-electron chi connectivity index (χ3n) is 4.55. The van der Waals surface area contributed by atoms with Crippen LogP contribution in [0.15, 0.2) is 0 Å². The molecule has 20 heavy (non-hydrogen) atoms. The van der Waals surface area contributed by atoms with Crippen molar-refractivity contribution >= 4 is 18.3 Å². The number of amides is 1. The minimum atomic E-state index is 0. The summed E-state index contributed by atoms with van der Waals surface area (Å²) in [5, 5.41) is 6.18. The van der Waals surface area contributed by atoms with Crippen molar-refractivity contribution in [3.8, 4) is 0 Å². The number of piperidine rings is 1. The number of hydrogen-bond acceptors (Lipinski definition) is 3. The first-order valence-corrected chi connectivity index (χ1v) is 7.94. The van der Waals surface area contributed by atoms with E-state index in [1.54, 1.807) is 0 Å². The summed E-state index contributed by atoms with van der Waals surface area (Å²) in [6.07, 6.45) is 8.57.